The number of methoxy groups -OCH3 is 1. The van der Waals surface area contributed by atoms with E-state index in [0.717, 1.165) is 11.1 Å². The maximum absolute atomic E-state index is 12.2. The lowest BCUT2D eigenvalue weighted by Gasteiger charge is -2.19. The molecule has 2 atom stereocenters. The molecular formula is C21H24N2O5. The van der Waals surface area contributed by atoms with Crippen LogP contribution in [0.25, 0.3) is 0 Å². The van der Waals surface area contributed by atoms with Crippen molar-refractivity contribution < 1.29 is 23.9 Å². The smallest absolute Gasteiger partial charge is 0.328 e. The number of nitrogens with one attached hydrogen (secondary N) is 2. The van der Waals surface area contributed by atoms with Crippen molar-refractivity contribution in [2.75, 3.05) is 7.11 Å². The quantitative estimate of drug-likeness (QED) is 0.681. The van der Waals surface area contributed by atoms with Crippen LogP contribution in [0.5, 0.6) is 0 Å². The van der Waals surface area contributed by atoms with Crippen molar-refractivity contribution in [3.8, 4) is 0 Å². The highest BCUT2D eigenvalue weighted by molar-refractivity contribution is 5.87. The lowest BCUT2D eigenvalue weighted by Crippen LogP contribution is -2.51. The predicted molar refractivity (Wildman–Crippen MR) is 103 cm³/mol. The third-order valence-corrected chi connectivity index (χ3v) is 4.00. The fourth-order valence-electron chi connectivity index (χ4n) is 2.49. The van der Waals surface area contributed by atoms with Crippen LogP contribution in [-0.4, -0.2) is 37.2 Å². The first kappa shape index (κ1) is 21.0. The summed E-state index contributed by atoms with van der Waals surface area (Å²) in [6, 6.07) is 16.1. The van der Waals surface area contributed by atoms with Gasteiger partial charge in [-0.25, -0.2) is 14.4 Å². The van der Waals surface area contributed by atoms with Crippen LogP contribution < -0.4 is 10.6 Å². The first-order valence-corrected chi connectivity index (χ1v) is 8.89. The average molecular weight is 384 g/mol. The zero-order chi connectivity index (χ0) is 20.4. The molecule has 0 spiro atoms. The summed E-state index contributed by atoms with van der Waals surface area (Å²) in [4.78, 5) is 36.3. The topological polar surface area (TPSA) is 93.7 Å². The average Bonchev–Trinajstić information content (AvgIpc) is 2.72. The van der Waals surface area contributed by atoms with Crippen LogP contribution in [0.1, 0.15) is 18.1 Å². The Labute approximate surface area is 164 Å². The number of benzene rings is 2. The highest BCUT2D eigenvalue weighted by Gasteiger charge is 2.24. The molecule has 0 radical (unpaired) electrons. The van der Waals surface area contributed by atoms with Crippen LogP contribution in [0.3, 0.4) is 0 Å². The van der Waals surface area contributed by atoms with E-state index in [1.807, 2.05) is 60.7 Å². The van der Waals surface area contributed by atoms with E-state index in [1.165, 1.54) is 14.0 Å². The largest absolute Gasteiger partial charge is 0.467 e. The van der Waals surface area contributed by atoms with Crippen molar-refractivity contribution >= 4 is 18.0 Å². The molecule has 0 fully saturated rings. The Balaban J connectivity index is 1.86. The van der Waals surface area contributed by atoms with E-state index < -0.39 is 30.1 Å². The molecule has 0 saturated heterocycles. The molecule has 0 bridgehead atoms. The van der Waals surface area contributed by atoms with Crippen LogP contribution in [0.4, 0.5) is 4.79 Å². The number of hydrogen-bond donors (Lipinski definition) is 2. The van der Waals surface area contributed by atoms with Gasteiger partial charge in [0.05, 0.1) is 7.11 Å². The second-order valence-electron chi connectivity index (χ2n) is 6.20. The van der Waals surface area contributed by atoms with Crippen LogP contribution in [0.2, 0.25) is 0 Å². The molecule has 0 aliphatic rings. The summed E-state index contributed by atoms with van der Waals surface area (Å²) in [5.74, 6) is -1.14. The van der Waals surface area contributed by atoms with Gasteiger partial charge >= 0.3 is 18.0 Å². The van der Waals surface area contributed by atoms with Gasteiger partial charge in [-0.2, -0.15) is 0 Å². The van der Waals surface area contributed by atoms with Gasteiger partial charge < -0.3 is 20.1 Å². The zero-order valence-corrected chi connectivity index (χ0v) is 15.9. The number of amides is 2. The summed E-state index contributed by atoms with van der Waals surface area (Å²) < 4.78 is 9.94. The maximum atomic E-state index is 12.2. The van der Waals surface area contributed by atoms with E-state index in [-0.39, 0.29) is 13.0 Å². The Morgan fingerprint density at radius 1 is 0.857 bits per heavy atom. The Morgan fingerprint density at radius 2 is 1.43 bits per heavy atom. The normalized spacial score (nSPS) is 12.4. The summed E-state index contributed by atoms with van der Waals surface area (Å²) in [7, 11) is 1.25. The van der Waals surface area contributed by atoms with Gasteiger partial charge in [-0.15, -0.1) is 0 Å². The van der Waals surface area contributed by atoms with Gasteiger partial charge in [0.1, 0.15) is 18.7 Å². The molecule has 2 aromatic rings. The van der Waals surface area contributed by atoms with E-state index in [0.29, 0.717) is 0 Å². The molecule has 0 aliphatic carbocycles. The minimum atomic E-state index is -0.876. The molecular weight excluding hydrogens is 360 g/mol. The molecule has 0 aromatic heterocycles. The van der Waals surface area contributed by atoms with E-state index >= 15 is 0 Å². The van der Waals surface area contributed by atoms with Crippen molar-refractivity contribution in [2.24, 2.45) is 0 Å². The number of esters is 2. The van der Waals surface area contributed by atoms with Crippen LogP contribution in [0.15, 0.2) is 60.7 Å². The molecule has 7 heteroatoms. The first-order valence-electron chi connectivity index (χ1n) is 8.89. The number of urea groups is 1. The lowest BCUT2D eigenvalue weighted by molar-refractivity contribution is -0.146. The molecule has 7 nitrogen and oxygen atoms in total. The van der Waals surface area contributed by atoms with Crippen molar-refractivity contribution in [1.29, 1.82) is 0 Å². The summed E-state index contributed by atoms with van der Waals surface area (Å²) >= 11 is 0. The molecule has 2 amide bonds. The monoisotopic (exact) mass is 384 g/mol. The van der Waals surface area contributed by atoms with Gasteiger partial charge in [-0.1, -0.05) is 60.7 Å². The number of rotatable bonds is 8. The molecule has 0 heterocycles. The van der Waals surface area contributed by atoms with E-state index in [4.69, 9.17) is 9.47 Å². The zero-order valence-electron chi connectivity index (χ0n) is 15.9. The first-order chi connectivity index (χ1) is 13.5. The van der Waals surface area contributed by atoms with E-state index in [9.17, 15) is 14.4 Å². The summed E-state index contributed by atoms with van der Waals surface area (Å²) in [6.07, 6.45) is 0.272. The van der Waals surface area contributed by atoms with Gasteiger partial charge in [0.2, 0.25) is 0 Å². The SMILES string of the molecule is COC(=O)[C@H](Cc1ccccc1)NC(=O)N[C@@H](C)C(=O)OCc1ccccc1. The van der Waals surface area contributed by atoms with E-state index in [1.54, 1.807) is 0 Å². The lowest BCUT2D eigenvalue weighted by atomic mass is 10.1. The number of ether oxygens (including phenoxy) is 2. The Kier molecular flexibility index (Phi) is 8.02. The molecule has 2 N–H and O–H groups in total. The van der Waals surface area contributed by atoms with Gasteiger partial charge in [0.25, 0.3) is 0 Å². The van der Waals surface area contributed by atoms with Crippen molar-refractivity contribution in [2.45, 2.75) is 32.0 Å². The minimum Gasteiger partial charge on any atom is -0.467 e. The summed E-state index contributed by atoms with van der Waals surface area (Å²) in [6.45, 7) is 1.63. The van der Waals surface area contributed by atoms with Crippen molar-refractivity contribution in [3.63, 3.8) is 0 Å². The Bertz CT molecular complexity index is 780. The highest BCUT2D eigenvalue weighted by atomic mass is 16.5. The molecule has 2 rings (SSSR count). The third kappa shape index (κ3) is 6.75. The number of carbonyl (C=O) groups is 3. The highest BCUT2D eigenvalue weighted by Crippen LogP contribution is 2.05. The molecule has 0 aliphatic heterocycles. The van der Waals surface area contributed by atoms with Gasteiger partial charge in [0, 0.05) is 6.42 Å². The molecule has 2 aromatic carbocycles. The van der Waals surface area contributed by atoms with E-state index in [2.05, 4.69) is 10.6 Å². The van der Waals surface area contributed by atoms with Crippen molar-refractivity contribution in [3.05, 3.63) is 71.8 Å². The minimum absolute atomic E-state index is 0.117. The predicted octanol–water partition coefficient (Wildman–Crippen LogP) is 2.20. The maximum Gasteiger partial charge on any atom is 0.328 e. The second-order valence-corrected chi connectivity index (χ2v) is 6.20. The van der Waals surface area contributed by atoms with Gasteiger partial charge in [-0.05, 0) is 18.1 Å². The molecule has 0 saturated carbocycles. The molecule has 28 heavy (non-hydrogen) atoms. The van der Waals surface area contributed by atoms with Crippen LogP contribution in [0, 0.1) is 0 Å². The molecule has 148 valence electrons. The van der Waals surface area contributed by atoms with Crippen LogP contribution in [-0.2, 0) is 32.1 Å². The van der Waals surface area contributed by atoms with Crippen molar-refractivity contribution in [1.82, 2.24) is 10.6 Å². The Morgan fingerprint density at radius 3 is 2.00 bits per heavy atom. The fraction of sp³-hybridized carbons (Fsp3) is 0.286. The summed E-state index contributed by atoms with van der Waals surface area (Å²) in [5.41, 5.74) is 1.72. The third-order valence-electron chi connectivity index (χ3n) is 4.00. The fourth-order valence-corrected chi connectivity index (χ4v) is 2.49. The van der Waals surface area contributed by atoms with Gasteiger partial charge in [-0.3, -0.25) is 0 Å². The summed E-state index contributed by atoms with van der Waals surface area (Å²) in [5, 5.41) is 5.02. The van der Waals surface area contributed by atoms with Crippen LogP contribution >= 0.6 is 0 Å². The standard InChI is InChI=1S/C21H24N2O5/c1-15(19(24)28-14-17-11-7-4-8-12-17)22-21(26)23-18(20(25)27-2)13-16-9-5-3-6-10-16/h3-12,15,18H,13-14H2,1-2H3,(H2,22,23,26)/t15-,18-/m0/s1. The number of hydrogen-bond acceptors (Lipinski definition) is 5. The Hall–Kier alpha value is -3.35. The number of carbonyl (C=O) groups excluding carboxylic acids is 3. The second kappa shape index (κ2) is 10.7. The van der Waals surface area contributed by atoms with Gasteiger partial charge in [0.15, 0.2) is 0 Å². The molecule has 0 unspecified atom stereocenters.